The number of fused-ring (bicyclic) bond motifs is 5. The zero-order valence-electron chi connectivity index (χ0n) is 15.7. The van der Waals surface area contributed by atoms with Crippen LogP contribution in [0.1, 0.15) is 52.4 Å². The summed E-state index contributed by atoms with van der Waals surface area (Å²) in [5.74, 6) is 3.10. The topological polar surface area (TPSA) is 37.3 Å². The van der Waals surface area contributed by atoms with Crippen LogP contribution in [0.25, 0.3) is 0 Å². The van der Waals surface area contributed by atoms with Crippen molar-refractivity contribution in [2.75, 3.05) is 6.61 Å². The van der Waals surface area contributed by atoms with Crippen LogP contribution >= 0.6 is 0 Å². The third-order valence-corrected chi connectivity index (χ3v) is 8.62. The monoisotopic (exact) mass is 340 g/mol. The molecule has 0 amide bonds. The van der Waals surface area contributed by atoms with Crippen molar-refractivity contribution in [3.8, 4) is 0 Å². The highest BCUT2D eigenvalue weighted by Gasteiger charge is 2.58. The number of allylic oxidation sites excluding steroid dienone is 4. The van der Waals surface area contributed by atoms with Gasteiger partial charge < -0.3 is 5.11 Å². The molecule has 4 aliphatic carbocycles. The molecule has 2 saturated carbocycles. The molecular weight excluding hydrogens is 308 g/mol. The number of rotatable bonds is 3. The highest BCUT2D eigenvalue weighted by atomic mass is 16.3. The number of carbonyl (C=O) groups is 1. The van der Waals surface area contributed by atoms with Crippen molar-refractivity contribution in [3.05, 3.63) is 36.5 Å². The molecule has 0 radical (unpaired) electrons. The van der Waals surface area contributed by atoms with Gasteiger partial charge in [-0.25, -0.2) is 0 Å². The molecule has 0 spiro atoms. The van der Waals surface area contributed by atoms with Gasteiger partial charge in [-0.1, -0.05) is 32.1 Å². The molecule has 0 aromatic carbocycles. The lowest BCUT2D eigenvalue weighted by atomic mass is 9.48. The average molecular weight is 341 g/mol. The number of carbonyl (C=O) groups excluding carboxylic acids is 1. The zero-order valence-corrected chi connectivity index (χ0v) is 15.7. The van der Waals surface area contributed by atoms with Crippen LogP contribution in [0.3, 0.4) is 0 Å². The fourth-order valence-electron chi connectivity index (χ4n) is 7.11. The minimum Gasteiger partial charge on any atom is -0.396 e. The molecule has 2 heteroatoms. The van der Waals surface area contributed by atoms with Crippen molar-refractivity contribution in [1.82, 2.24) is 0 Å². The molecule has 0 aromatic heterocycles. The predicted molar refractivity (Wildman–Crippen MR) is 101 cm³/mol. The molecule has 1 N–H and O–H groups in total. The maximum atomic E-state index is 11.9. The summed E-state index contributed by atoms with van der Waals surface area (Å²) in [4.78, 5) is 11.9. The first-order valence-corrected chi connectivity index (χ1v) is 10.1. The molecule has 25 heavy (non-hydrogen) atoms. The highest BCUT2D eigenvalue weighted by Crippen LogP contribution is 2.66. The van der Waals surface area contributed by atoms with E-state index in [4.69, 9.17) is 0 Å². The summed E-state index contributed by atoms with van der Waals surface area (Å²) < 4.78 is 0. The summed E-state index contributed by atoms with van der Waals surface area (Å²) in [6.45, 7) is 9.10. The molecule has 4 aliphatic rings. The SMILES string of the molecule is C=C[C@H](CO)C1CCC2C3C=CC4=CC(=O)CC[C@]4(C)C3CC[C@@]21C. The van der Waals surface area contributed by atoms with Gasteiger partial charge in [0.05, 0.1) is 0 Å². The molecule has 0 bridgehead atoms. The molecule has 0 heterocycles. The van der Waals surface area contributed by atoms with Crippen LogP contribution in [-0.4, -0.2) is 17.5 Å². The van der Waals surface area contributed by atoms with Gasteiger partial charge in [-0.3, -0.25) is 4.79 Å². The fraction of sp³-hybridized carbons (Fsp3) is 0.696. The smallest absolute Gasteiger partial charge is 0.156 e. The Hall–Kier alpha value is -1.15. The van der Waals surface area contributed by atoms with E-state index in [1.54, 1.807) is 0 Å². The van der Waals surface area contributed by atoms with E-state index in [1.807, 2.05) is 12.2 Å². The van der Waals surface area contributed by atoms with Crippen molar-refractivity contribution in [3.63, 3.8) is 0 Å². The van der Waals surface area contributed by atoms with E-state index in [-0.39, 0.29) is 17.9 Å². The molecule has 136 valence electrons. The van der Waals surface area contributed by atoms with E-state index in [9.17, 15) is 9.90 Å². The van der Waals surface area contributed by atoms with E-state index < -0.39 is 0 Å². The largest absolute Gasteiger partial charge is 0.396 e. The summed E-state index contributed by atoms with van der Waals surface area (Å²) in [7, 11) is 0. The number of aliphatic hydroxyl groups excluding tert-OH is 1. The predicted octanol–water partition coefficient (Wildman–Crippen LogP) is 4.71. The second-order valence-electron chi connectivity index (χ2n) is 9.44. The molecule has 0 aliphatic heterocycles. The Morgan fingerprint density at radius 3 is 2.80 bits per heavy atom. The quantitative estimate of drug-likeness (QED) is 0.756. The number of aliphatic hydroxyl groups is 1. The molecule has 4 rings (SSSR count). The standard InChI is InChI=1S/C23H32O2/c1-4-15(14-24)19-7-8-20-18-6-5-16-13-17(25)9-11-22(16,2)21(18)10-12-23(19,20)3/h4-6,13,15,18-21,24H,1,7-12,14H2,2-3H3/t15-,18?,19?,20?,21?,22+,23-/m1/s1. The van der Waals surface area contributed by atoms with Crippen LogP contribution in [0.2, 0.25) is 0 Å². The number of hydrogen-bond donors (Lipinski definition) is 1. The maximum absolute atomic E-state index is 11.9. The van der Waals surface area contributed by atoms with Crippen LogP contribution in [0.4, 0.5) is 0 Å². The molecule has 7 atom stereocenters. The van der Waals surface area contributed by atoms with Crippen LogP contribution in [-0.2, 0) is 4.79 Å². The van der Waals surface area contributed by atoms with Gasteiger partial charge in [-0.05, 0) is 78.3 Å². The molecule has 2 nitrogen and oxygen atoms in total. The van der Waals surface area contributed by atoms with Crippen LogP contribution in [0.15, 0.2) is 36.5 Å². The van der Waals surface area contributed by atoms with Gasteiger partial charge in [0.2, 0.25) is 0 Å². The van der Waals surface area contributed by atoms with Crippen LogP contribution in [0.5, 0.6) is 0 Å². The van der Waals surface area contributed by atoms with Crippen molar-refractivity contribution in [2.24, 2.45) is 40.4 Å². The Bertz CT molecular complexity index is 644. The summed E-state index contributed by atoms with van der Waals surface area (Å²) in [6.07, 6.45) is 15.3. The number of ketones is 1. The second-order valence-corrected chi connectivity index (χ2v) is 9.44. The van der Waals surface area contributed by atoms with Gasteiger partial charge in [0.1, 0.15) is 0 Å². The molecule has 0 saturated heterocycles. The van der Waals surface area contributed by atoms with E-state index >= 15 is 0 Å². The Kier molecular flexibility index (Phi) is 4.11. The first kappa shape index (κ1) is 17.3. The highest BCUT2D eigenvalue weighted by molar-refractivity contribution is 5.92. The summed E-state index contributed by atoms with van der Waals surface area (Å²) in [5, 5.41) is 9.82. The van der Waals surface area contributed by atoms with Crippen molar-refractivity contribution >= 4 is 5.78 Å². The lowest BCUT2D eigenvalue weighted by molar-refractivity contribution is -0.116. The van der Waals surface area contributed by atoms with Gasteiger partial charge in [-0.15, -0.1) is 6.58 Å². The van der Waals surface area contributed by atoms with Gasteiger partial charge in [0, 0.05) is 18.9 Å². The third kappa shape index (κ3) is 2.36. The first-order valence-electron chi connectivity index (χ1n) is 10.1. The Morgan fingerprint density at radius 2 is 2.08 bits per heavy atom. The van der Waals surface area contributed by atoms with E-state index in [0.29, 0.717) is 41.3 Å². The lowest BCUT2D eigenvalue weighted by Crippen LogP contribution is -2.49. The molecule has 0 aromatic rings. The minimum atomic E-state index is 0.182. The molecule has 4 unspecified atom stereocenters. The van der Waals surface area contributed by atoms with Crippen LogP contribution < -0.4 is 0 Å². The Morgan fingerprint density at radius 1 is 1.28 bits per heavy atom. The average Bonchev–Trinajstić information content (AvgIpc) is 2.94. The van der Waals surface area contributed by atoms with Crippen molar-refractivity contribution in [1.29, 1.82) is 0 Å². The second kappa shape index (κ2) is 5.94. The van der Waals surface area contributed by atoms with Crippen molar-refractivity contribution in [2.45, 2.75) is 52.4 Å². The fourth-order valence-corrected chi connectivity index (χ4v) is 7.11. The Balaban J connectivity index is 1.68. The summed E-state index contributed by atoms with van der Waals surface area (Å²) in [5.41, 5.74) is 1.78. The molecule has 2 fully saturated rings. The van der Waals surface area contributed by atoms with Gasteiger partial charge in [0.25, 0.3) is 0 Å². The van der Waals surface area contributed by atoms with Gasteiger partial charge in [-0.2, -0.15) is 0 Å². The lowest BCUT2D eigenvalue weighted by Gasteiger charge is -2.56. The zero-order chi connectivity index (χ0) is 17.8. The first-order chi connectivity index (χ1) is 11.9. The third-order valence-electron chi connectivity index (χ3n) is 8.62. The maximum Gasteiger partial charge on any atom is 0.156 e. The Labute approximate surface area is 152 Å². The van der Waals surface area contributed by atoms with E-state index in [0.717, 1.165) is 6.42 Å². The summed E-state index contributed by atoms with van der Waals surface area (Å²) in [6, 6.07) is 0. The minimum absolute atomic E-state index is 0.182. The van der Waals surface area contributed by atoms with Crippen molar-refractivity contribution < 1.29 is 9.90 Å². The van der Waals surface area contributed by atoms with Gasteiger partial charge >= 0.3 is 0 Å². The normalized spacial score (nSPS) is 46.7. The summed E-state index contributed by atoms with van der Waals surface area (Å²) >= 11 is 0. The molecular formula is C23H32O2. The number of hydrogen-bond acceptors (Lipinski definition) is 2. The van der Waals surface area contributed by atoms with Gasteiger partial charge in [0.15, 0.2) is 5.78 Å². The van der Waals surface area contributed by atoms with Crippen LogP contribution in [0, 0.1) is 40.4 Å². The van der Waals surface area contributed by atoms with E-state index in [1.165, 1.54) is 31.3 Å². The van der Waals surface area contributed by atoms with E-state index in [2.05, 4.69) is 32.6 Å².